The predicted octanol–water partition coefficient (Wildman–Crippen LogP) is 3.95. The van der Waals surface area contributed by atoms with Crippen LogP contribution in [0.5, 0.6) is 0 Å². The van der Waals surface area contributed by atoms with Crippen LogP contribution < -0.4 is 5.32 Å². The third kappa shape index (κ3) is 3.70. The van der Waals surface area contributed by atoms with Crippen LogP contribution in [0.1, 0.15) is 30.0 Å². The molecule has 0 spiro atoms. The molecule has 3 nitrogen and oxygen atoms in total. The molecule has 1 aromatic heterocycles. The molecule has 0 saturated heterocycles. The second-order valence-electron chi connectivity index (χ2n) is 5.40. The first-order chi connectivity index (χ1) is 10.2. The molecule has 0 radical (unpaired) electrons. The van der Waals surface area contributed by atoms with Gasteiger partial charge in [-0.15, -0.1) is 0 Å². The highest BCUT2D eigenvalue weighted by molar-refractivity contribution is 8.14. The number of hydrogen-bond donors (Lipinski definition) is 1. The number of benzene rings is 1. The van der Waals surface area contributed by atoms with E-state index in [0.717, 1.165) is 28.9 Å². The van der Waals surface area contributed by atoms with E-state index in [4.69, 9.17) is 9.41 Å². The molecule has 1 aliphatic rings. The van der Waals surface area contributed by atoms with Crippen LogP contribution in [0.25, 0.3) is 0 Å². The second kappa shape index (κ2) is 6.39. The van der Waals surface area contributed by atoms with Crippen molar-refractivity contribution in [3.63, 3.8) is 0 Å². The Morgan fingerprint density at radius 2 is 2.10 bits per heavy atom. The monoisotopic (exact) mass is 300 g/mol. The maximum absolute atomic E-state index is 5.65. The minimum Gasteiger partial charge on any atom is -0.464 e. The quantitative estimate of drug-likeness (QED) is 0.929. The van der Waals surface area contributed by atoms with Gasteiger partial charge in [0.15, 0.2) is 5.17 Å². The predicted molar refractivity (Wildman–Crippen MR) is 88.8 cm³/mol. The van der Waals surface area contributed by atoms with Crippen molar-refractivity contribution >= 4 is 16.9 Å². The number of rotatable bonds is 4. The molecule has 3 rings (SSSR count). The van der Waals surface area contributed by atoms with E-state index in [2.05, 4.69) is 42.6 Å². The molecule has 21 heavy (non-hydrogen) atoms. The Morgan fingerprint density at radius 3 is 2.81 bits per heavy atom. The molecule has 0 fully saturated rings. The summed E-state index contributed by atoms with van der Waals surface area (Å²) >= 11 is 1.80. The van der Waals surface area contributed by atoms with E-state index in [1.54, 1.807) is 11.8 Å². The van der Waals surface area contributed by atoms with Gasteiger partial charge in [-0.25, -0.2) is 0 Å². The summed E-state index contributed by atoms with van der Waals surface area (Å²) in [7, 11) is 0. The third-order valence-electron chi connectivity index (χ3n) is 3.55. The van der Waals surface area contributed by atoms with Crippen LogP contribution in [-0.2, 0) is 6.42 Å². The van der Waals surface area contributed by atoms with Crippen LogP contribution in [0.3, 0.4) is 0 Å². The maximum Gasteiger partial charge on any atom is 0.157 e. The lowest BCUT2D eigenvalue weighted by atomic mass is 10.1. The molecule has 2 heterocycles. The molecule has 110 valence electrons. The van der Waals surface area contributed by atoms with E-state index in [1.807, 2.05) is 19.1 Å². The van der Waals surface area contributed by atoms with Gasteiger partial charge in [-0.05, 0) is 38.0 Å². The lowest BCUT2D eigenvalue weighted by Crippen LogP contribution is -2.22. The van der Waals surface area contributed by atoms with Crippen molar-refractivity contribution in [3.8, 4) is 0 Å². The fourth-order valence-corrected chi connectivity index (χ4v) is 3.45. The summed E-state index contributed by atoms with van der Waals surface area (Å²) in [6.45, 7) is 4.07. The molecular formula is C17H20N2OS. The zero-order chi connectivity index (χ0) is 14.7. The number of amidine groups is 1. The van der Waals surface area contributed by atoms with Crippen molar-refractivity contribution < 1.29 is 4.42 Å². The van der Waals surface area contributed by atoms with E-state index in [9.17, 15) is 0 Å². The van der Waals surface area contributed by atoms with Crippen LogP contribution in [0, 0.1) is 6.92 Å². The number of hydrogen-bond acceptors (Lipinski definition) is 4. The Morgan fingerprint density at radius 1 is 1.29 bits per heavy atom. The summed E-state index contributed by atoms with van der Waals surface area (Å²) in [6, 6.07) is 15.1. The highest BCUT2D eigenvalue weighted by Crippen LogP contribution is 2.23. The molecular weight excluding hydrogens is 280 g/mol. The molecule has 1 aliphatic heterocycles. The van der Waals surface area contributed by atoms with Crippen LogP contribution in [0.2, 0.25) is 0 Å². The standard InChI is InChI=1S/C17H20N2OS/c1-12-8-9-16(20-12)13(2)18-17-19-15(11-21-17)10-14-6-4-3-5-7-14/h3-9,13,15H,10-11H2,1-2H3,(H,18,19). The summed E-state index contributed by atoms with van der Waals surface area (Å²) < 4.78 is 5.65. The smallest absolute Gasteiger partial charge is 0.157 e. The van der Waals surface area contributed by atoms with Crippen molar-refractivity contribution in [1.29, 1.82) is 0 Å². The van der Waals surface area contributed by atoms with Gasteiger partial charge in [0.05, 0.1) is 12.1 Å². The Labute approximate surface area is 129 Å². The van der Waals surface area contributed by atoms with Gasteiger partial charge in [0, 0.05) is 5.75 Å². The lowest BCUT2D eigenvalue weighted by molar-refractivity contribution is 0.444. The highest BCUT2D eigenvalue weighted by atomic mass is 32.2. The molecule has 2 atom stereocenters. The lowest BCUT2D eigenvalue weighted by Gasteiger charge is -2.11. The first-order valence-electron chi connectivity index (χ1n) is 7.28. The van der Waals surface area contributed by atoms with Gasteiger partial charge in [-0.3, -0.25) is 4.99 Å². The summed E-state index contributed by atoms with van der Waals surface area (Å²) in [4.78, 5) is 4.78. The van der Waals surface area contributed by atoms with Gasteiger partial charge in [0.1, 0.15) is 11.5 Å². The van der Waals surface area contributed by atoms with Crippen LogP contribution in [-0.4, -0.2) is 17.0 Å². The first kappa shape index (κ1) is 14.3. The SMILES string of the molecule is Cc1ccc(C(C)NC2=NC(Cc3ccccc3)CS2)o1. The largest absolute Gasteiger partial charge is 0.464 e. The van der Waals surface area contributed by atoms with Crippen molar-refractivity contribution in [3.05, 3.63) is 59.5 Å². The number of nitrogens with one attached hydrogen (secondary N) is 1. The van der Waals surface area contributed by atoms with E-state index in [0.29, 0.717) is 6.04 Å². The fraction of sp³-hybridized carbons (Fsp3) is 0.353. The first-order valence-corrected chi connectivity index (χ1v) is 8.26. The topological polar surface area (TPSA) is 37.5 Å². The van der Waals surface area contributed by atoms with Gasteiger partial charge < -0.3 is 9.73 Å². The van der Waals surface area contributed by atoms with Crippen molar-refractivity contribution in [1.82, 2.24) is 5.32 Å². The van der Waals surface area contributed by atoms with Crippen molar-refractivity contribution in [2.45, 2.75) is 32.4 Å². The molecule has 0 bridgehead atoms. The summed E-state index contributed by atoms with van der Waals surface area (Å²) in [5.41, 5.74) is 1.35. The molecule has 1 aromatic carbocycles. The number of nitrogens with zero attached hydrogens (tertiary/aromatic N) is 1. The summed E-state index contributed by atoms with van der Waals surface area (Å²) in [6.07, 6.45) is 1.01. The Kier molecular flexibility index (Phi) is 4.34. The molecule has 0 aliphatic carbocycles. The molecule has 1 N–H and O–H groups in total. The van der Waals surface area contributed by atoms with E-state index in [1.165, 1.54) is 5.56 Å². The number of aryl methyl sites for hydroxylation is 1. The van der Waals surface area contributed by atoms with Crippen molar-refractivity contribution in [2.24, 2.45) is 4.99 Å². The molecule has 2 aromatic rings. The maximum atomic E-state index is 5.65. The zero-order valence-corrected chi connectivity index (χ0v) is 13.2. The van der Waals surface area contributed by atoms with E-state index >= 15 is 0 Å². The third-order valence-corrected chi connectivity index (χ3v) is 4.60. The highest BCUT2D eigenvalue weighted by Gasteiger charge is 2.21. The Bertz CT molecular complexity index is 621. The number of aliphatic imine (C=N–C) groups is 1. The minimum atomic E-state index is 0.153. The average Bonchev–Trinajstić information content (AvgIpc) is 3.09. The molecule has 4 heteroatoms. The van der Waals surface area contributed by atoms with Crippen LogP contribution in [0.4, 0.5) is 0 Å². The van der Waals surface area contributed by atoms with E-state index < -0.39 is 0 Å². The van der Waals surface area contributed by atoms with E-state index in [-0.39, 0.29) is 6.04 Å². The van der Waals surface area contributed by atoms with Crippen molar-refractivity contribution in [2.75, 3.05) is 5.75 Å². The summed E-state index contributed by atoms with van der Waals surface area (Å²) in [5, 5.41) is 4.47. The normalized spacial score (nSPS) is 19.3. The van der Waals surface area contributed by atoms with Gasteiger partial charge >= 0.3 is 0 Å². The second-order valence-corrected chi connectivity index (χ2v) is 6.41. The van der Waals surface area contributed by atoms with Gasteiger partial charge in [-0.2, -0.15) is 0 Å². The number of thioether (sulfide) groups is 1. The minimum absolute atomic E-state index is 0.153. The Balaban J connectivity index is 1.58. The van der Waals surface area contributed by atoms with Crippen LogP contribution >= 0.6 is 11.8 Å². The number of furan rings is 1. The molecule has 2 unspecified atom stereocenters. The van der Waals surface area contributed by atoms with Gasteiger partial charge in [0.25, 0.3) is 0 Å². The fourth-order valence-electron chi connectivity index (χ4n) is 2.43. The molecule has 0 saturated carbocycles. The zero-order valence-electron chi connectivity index (χ0n) is 12.4. The summed E-state index contributed by atoms with van der Waals surface area (Å²) in [5.74, 6) is 2.95. The van der Waals surface area contributed by atoms with Crippen LogP contribution in [0.15, 0.2) is 51.9 Å². The van der Waals surface area contributed by atoms with Gasteiger partial charge in [-0.1, -0.05) is 42.1 Å². The average molecular weight is 300 g/mol. The Hall–Kier alpha value is -1.68. The van der Waals surface area contributed by atoms with Gasteiger partial charge in [0.2, 0.25) is 0 Å². The molecule has 0 amide bonds.